The maximum Gasteiger partial charge on any atom is 0.332 e. The molecule has 94 valence electrons. The van der Waals surface area contributed by atoms with E-state index in [1.54, 1.807) is 13.8 Å². The predicted molar refractivity (Wildman–Crippen MR) is 64.0 cm³/mol. The fraction of sp³-hybridized carbons (Fsp3) is 0.462. The smallest absolute Gasteiger partial charge is 0.332 e. The van der Waals surface area contributed by atoms with Gasteiger partial charge in [-0.3, -0.25) is 0 Å². The number of carbonyl (C=O) groups excluding carboxylic acids is 1. The summed E-state index contributed by atoms with van der Waals surface area (Å²) in [4.78, 5) is 11.1. The van der Waals surface area contributed by atoms with Crippen LogP contribution in [0.1, 0.15) is 13.8 Å². The van der Waals surface area contributed by atoms with Gasteiger partial charge in [0.25, 0.3) is 0 Å². The van der Waals surface area contributed by atoms with E-state index in [1.165, 1.54) is 0 Å². The number of benzene rings is 1. The summed E-state index contributed by atoms with van der Waals surface area (Å²) in [6.07, 6.45) is -0.105. The van der Waals surface area contributed by atoms with E-state index in [9.17, 15) is 4.79 Å². The van der Waals surface area contributed by atoms with E-state index in [4.69, 9.17) is 14.2 Å². The maximum absolute atomic E-state index is 11.1. The SMILES string of the molecule is CC(C)OC(=O)COCCOc1ccccc1. The van der Waals surface area contributed by atoms with Gasteiger partial charge in [0.15, 0.2) is 0 Å². The second kappa shape index (κ2) is 7.68. The Morgan fingerprint density at radius 2 is 1.88 bits per heavy atom. The molecule has 0 saturated heterocycles. The van der Waals surface area contributed by atoms with E-state index < -0.39 is 0 Å². The highest BCUT2D eigenvalue weighted by atomic mass is 16.6. The summed E-state index contributed by atoms with van der Waals surface area (Å²) in [5.41, 5.74) is 0. The van der Waals surface area contributed by atoms with Gasteiger partial charge >= 0.3 is 5.97 Å². The third-order valence-corrected chi connectivity index (χ3v) is 1.83. The van der Waals surface area contributed by atoms with Crippen molar-refractivity contribution in [2.24, 2.45) is 0 Å². The van der Waals surface area contributed by atoms with Crippen molar-refractivity contribution in [3.63, 3.8) is 0 Å². The first kappa shape index (κ1) is 13.5. The number of para-hydroxylation sites is 1. The maximum atomic E-state index is 11.1. The summed E-state index contributed by atoms with van der Waals surface area (Å²) in [6.45, 7) is 4.35. The van der Waals surface area contributed by atoms with Crippen LogP contribution < -0.4 is 4.74 Å². The van der Waals surface area contributed by atoms with Crippen molar-refractivity contribution in [3.05, 3.63) is 30.3 Å². The van der Waals surface area contributed by atoms with E-state index in [1.807, 2.05) is 30.3 Å². The summed E-state index contributed by atoms with van der Waals surface area (Å²) in [7, 11) is 0. The van der Waals surface area contributed by atoms with Crippen LogP contribution in [0.5, 0.6) is 5.75 Å². The molecule has 0 aliphatic carbocycles. The molecule has 1 rings (SSSR count). The normalized spacial score (nSPS) is 10.3. The van der Waals surface area contributed by atoms with Crippen LogP contribution in [-0.4, -0.2) is 31.9 Å². The monoisotopic (exact) mass is 238 g/mol. The summed E-state index contributed by atoms with van der Waals surface area (Å²) in [5, 5.41) is 0. The quantitative estimate of drug-likeness (QED) is 0.538. The lowest BCUT2D eigenvalue weighted by Gasteiger charge is -2.09. The first-order chi connectivity index (χ1) is 8.18. The molecular formula is C13H18O4. The molecule has 0 amide bonds. The van der Waals surface area contributed by atoms with Crippen LogP contribution in [0.15, 0.2) is 30.3 Å². The first-order valence-electron chi connectivity index (χ1n) is 5.63. The van der Waals surface area contributed by atoms with Gasteiger partial charge < -0.3 is 14.2 Å². The molecule has 0 aliphatic heterocycles. The van der Waals surface area contributed by atoms with Crippen molar-refractivity contribution in [1.82, 2.24) is 0 Å². The van der Waals surface area contributed by atoms with E-state index in [0.29, 0.717) is 13.2 Å². The van der Waals surface area contributed by atoms with Gasteiger partial charge in [0.1, 0.15) is 19.0 Å². The van der Waals surface area contributed by atoms with Crippen molar-refractivity contribution in [1.29, 1.82) is 0 Å². The third kappa shape index (κ3) is 6.58. The molecule has 0 N–H and O–H groups in total. The number of hydrogen-bond acceptors (Lipinski definition) is 4. The summed E-state index contributed by atoms with van der Waals surface area (Å²) < 4.78 is 15.4. The first-order valence-corrected chi connectivity index (χ1v) is 5.63. The van der Waals surface area contributed by atoms with Crippen molar-refractivity contribution >= 4 is 5.97 Å². The number of carbonyl (C=O) groups is 1. The van der Waals surface area contributed by atoms with Gasteiger partial charge in [-0.2, -0.15) is 0 Å². The second-order valence-electron chi connectivity index (χ2n) is 3.75. The van der Waals surface area contributed by atoms with Crippen molar-refractivity contribution in [2.75, 3.05) is 19.8 Å². The molecule has 0 heterocycles. The number of hydrogen-bond donors (Lipinski definition) is 0. The minimum atomic E-state index is -0.347. The molecule has 4 heteroatoms. The molecule has 0 radical (unpaired) electrons. The minimum Gasteiger partial charge on any atom is -0.491 e. The molecule has 0 bridgehead atoms. The zero-order valence-corrected chi connectivity index (χ0v) is 10.2. The van der Waals surface area contributed by atoms with Crippen molar-refractivity contribution < 1.29 is 19.0 Å². The number of esters is 1. The van der Waals surface area contributed by atoms with Crippen LogP contribution in [0.4, 0.5) is 0 Å². The Hall–Kier alpha value is -1.55. The summed E-state index contributed by atoms with van der Waals surface area (Å²) in [6, 6.07) is 9.46. The Labute approximate surface area is 101 Å². The zero-order chi connectivity index (χ0) is 12.5. The standard InChI is InChI=1S/C13H18O4/c1-11(2)17-13(14)10-15-8-9-16-12-6-4-3-5-7-12/h3-7,11H,8-10H2,1-2H3. The molecule has 0 fully saturated rings. The lowest BCUT2D eigenvalue weighted by Crippen LogP contribution is -2.18. The highest BCUT2D eigenvalue weighted by molar-refractivity contribution is 5.70. The highest BCUT2D eigenvalue weighted by Gasteiger charge is 2.04. The predicted octanol–water partition coefficient (Wildman–Crippen LogP) is 2.03. The van der Waals surface area contributed by atoms with Gasteiger partial charge in [-0.1, -0.05) is 18.2 Å². The zero-order valence-electron chi connectivity index (χ0n) is 10.2. The number of rotatable bonds is 7. The van der Waals surface area contributed by atoms with Crippen LogP contribution in [0.25, 0.3) is 0 Å². The molecule has 0 unspecified atom stereocenters. The molecule has 17 heavy (non-hydrogen) atoms. The van der Waals surface area contributed by atoms with Crippen LogP contribution >= 0.6 is 0 Å². The summed E-state index contributed by atoms with van der Waals surface area (Å²) in [5.74, 6) is 0.445. The molecular weight excluding hydrogens is 220 g/mol. The van der Waals surface area contributed by atoms with Crippen molar-refractivity contribution in [3.8, 4) is 5.75 Å². The Kier molecular flexibility index (Phi) is 6.10. The summed E-state index contributed by atoms with van der Waals surface area (Å²) >= 11 is 0. The molecule has 4 nitrogen and oxygen atoms in total. The van der Waals surface area contributed by atoms with Gasteiger partial charge in [0.2, 0.25) is 0 Å². The lowest BCUT2D eigenvalue weighted by molar-refractivity contribution is -0.152. The van der Waals surface area contributed by atoms with Gasteiger partial charge in [0, 0.05) is 0 Å². The van der Waals surface area contributed by atoms with Crippen LogP contribution in [-0.2, 0) is 14.3 Å². The molecule has 1 aromatic carbocycles. The van der Waals surface area contributed by atoms with Gasteiger partial charge in [-0.05, 0) is 26.0 Å². The third-order valence-electron chi connectivity index (χ3n) is 1.83. The fourth-order valence-electron chi connectivity index (χ4n) is 1.19. The molecule has 0 saturated carbocycles. The van der Waals surface area contributed by atoms with Gasteiger partial charge in [-0.25, -0.2) is 4.79 Å². The lowest BCUT2D eigenvalue weighted by atomic mass is 10.3. The van der Waals surface area contributed by atoms with E-state index in [2.05, 4.69) is 0 Å². The Morgan fingerprint density at radius 1 is 1.18 bits per heavy atom. The van der Waals surface area contributed by atoms with Crippen LogP contribution in [0.3, 0.4) is 0 Å². The Balaban J connectivity index is 2.03. The largest absolute Gasteiger partial charge is 0.491 e. The second-order valence-corrected chi connectivity index (χ2v) is 3.75. The van der Waals surface area contributed by atoms with Crippen LogP contribution in [0.2, 0.25) is 0 Å². The molecule has 1 aromatic rings. The average Bonchev–Trinajstić information content (AvgIpc) is 2.29. The molecule has 0 atom stereocenters. The topological polar surface area (TPSA) is 44.8 Å². The molecule has 0 aromatic heterocycles. The highest BCUT2D eigenvalue weighted by Crippen LogP contribution is 2.07. The van der Waals surface area contributed by atoms with Crippen LogP contribution in [0, 0.1) is 0 Å². The molecule has 0 spiro atoms. The minimum absolute atomic E-state index is 0.0314. The van der Waals surface area contributed by atoms with Gasteiger partial charge in [-0.15, -0.1) is 0 Å². The Morgan fingerprint density at radius 3 is 2.53 bits per heavy atom. The fourth-order valence-corrected chi connectivity index (χ4v) is 1.19. The average molecular weight is 238 g/mol. The van der Waals surface area contributed by atoms with E-state index in [0.717, 1.165) is 5.75 Å². The van der Waals surface area contributed by atoms with Crippen molar-refractivity contribution in [2.45, 2.75) is 20.0 Å². The molecule has 0 aliphatic rings. The Bertz CT molecular complexity index is 321. The van der Waals surface area contributed by atoms with E-state index in [-0.39, 0.29) is 18.7 Å². The van der Waals surface area contributed by atoms with E-state index >= 15 is 0 Å². The number of ether oxygens (including phenoxy) is 3. The van der Waals surface area contributed by atoms with Gasteiger partial charge in [0.05, 0.1) is 12.7 Å².